The van der Waals surface area contributed by atoms with Crippen LogP contribution < -0.4 is 0 Å². The molecule has 66 heavy (non-hydrogen) atoms. The quantitative estimate of drug-likeness (QED) is 0.0263. The molecule has 0 amide bonds. The Kier molecular flexibility index (Phi) is 48.3. The molecule has 392 valence electrons. The van der Waals surface area contributed by atoms with Gasteiger partial charge in [0.15, 0.2) is 6.29 Å². The fourth-order valence-electron chi connectivity index (χ4n) is 8.75. The van der Waals surface area contributed by atoms with Gasteiger partial charge in [0.25, 0.3) is 0 Å². The Labute approximate surface area is 407 Å². The molecule has 0 saturated heterocycles. The van der Waals surface area contributed by atoms with Crippen LogP contribution in [0.4, 0.5) is 0 Å². The van der Waals surface area contributed by atoms with E-state index >= 15 is 0 Å². The largest absolute Gasteiger partial charge is 0.463 e. The summed E-state index contributed by atoms with van der Waals surface area (Å²) in [5, 5.41) is 20.1. The lowest BCUT2D eigenvalue weighted by molar-refractivity contribution is -0.171. The summed E-state index contributed by atoms with van der Waals surface area (Å²) in [5.41, 5.74) is 0. The summed E-state index contributed by atoms with van der Waals surface area (Å²) in [6.07, 6.45) is 40.4. The highest BCUT2D eigenvalue weighted by Gasteiger charge is 2.20. The molecule has 0 aromatic heterocycles. The number of hydrogen-bond donors (Lipinski definition) is 2. The van der Waals surface area contributed by atoms with Crippen molar-refractivity contribution in [2.75, 3.05) is 33.4 Å². The van der Waals surface area contributed by atoms with E-state index < -0.39 is 12.4 Å². The predicted molar refractivity (Wildman–Crippen MR) is 274 cm³/mol. The smallest absolute Gasteiger partial charge is 0.306 e. The molecule has 4 unspecified atom stereocenters. The van der Waals surface area contributed by atoms with Crippen LogP contribution in [0.5, 0.6) is 0 Å². The SMILES string of the molecule is CCCCCCCCC(CCCCCC)OC(=O)CCCCCCCCC(=O)OCC(CN(C)CCO)OC(O)CCCCCCCCC(=O)OC(CCCCCC)CCCCCCCC. The van der Waals surface area contributed by atoms with E-state index in [9.17, 15) is 24.6 Å². The van der Waals surface area contributed by atoms with Crippen molar-refractivity contribution in [2.24, 2.45) is 0 Å². The summed E-state index contributed by atoms with van der Waals surface area (Å²) >= 11 is 0. The molecule has 0 aliphatic carbocycles. The fraction of sp³-hybridized carbons (Fsp3) is 0.946. The topological polar surface area (TPSA) is 132 Å². The summed E-state index contributed by atoms with van der Waals surface area (Å²) in [5.74, 6) is -0.352. The van der Waals surface area contributed by atoms with Crippen molar-refractivity contribution in [1.29, 1.82) is 0 Å². The molecule has 0 fully saturated rings. The van der Waals surface area contributed by atoms with E-state index in [1.165, 1.54) is 103 Å². The number of esters is 3. The van der Waals surface area contributed by atoms with Crippen LogP contribution in [0.3, 0.4) is 0 Å². The van der Waals surface area contributed by atoms with Gasteiger partial charge in [-0.3, -0.25) is 14.4 Å². The zero-order chi connectivity index (χ0) is 48.6. The van der Waals surface area contributed by atoms with Crippen LogP contribution in [0.2, 0.25) is 0 Å². The minimum Gasteiger partial charge on any atom is -0.463 e. The van der Waals surface area contributed by atoms with Gasteiger partial charge in [-0.1, -0.05) is 182 Å². The van der Waals surface area contributed by atoms with E-state index in [2.05, 4.69) is 27.7 Å². The highest BCUT2D eigenvalue weighted by Crippen LogP contribution is 2.20. The van der Waals surface area contributed by atoms with E-state index in [1.54, 1.807) is 0 Å². The molecule has 0 aliphatic rings. The molecule has 0 heterocycles. The molecule has 4 atom stereocenters. The molecule has 0 saturated carbocycles. The zero-order valence-electron chi connectivity index (χ0n) is 44.1. The Morgan fingerprint density at radius 3 is 1.12 bits per heavy atom. The van der Waals surface area contributed by atoms with Gasteiger partial charge in [0.1, 0.15) is 24.9 Å². The van der Waals surface area contributed by atoms with Crippen molar-refractivity contribution in [2.45, 2.75) is 309 Å². The Bertz CT molecular complexity index is 1060. The summed E-state index contributed by atoms with van der Waals surface area (Å²) in [6, 6.07) is 0. The number of aliphatic hydroxyl groups excluding tert-OH is 2. The minimum atomic E-state index is -0.957. The van der Waals surface area contributed by atoms with E-state index in [-0.39, 0.29) is 43.3 Å². The molecule has 0 bridgehead atoms. The minimum absolute atomic E-state index is 0.00863. The van der Waals surface area contributed by atoms with Gasteiger partial charge in [0, 0.05) is 32.4 Å². The van der Waals surface area contributed by atoms with Crippen molar-refractivity contribution < 1.29 is 43.5 Å². The standard InChI is InChI=1S/C56H109NO9/c1-6-10-14-18-24-32-40-50(38-30-16-12-8-3)64-54(60)43-35-27-21-20-26-34-42-53(59)63-49-52(48-57(5)46-47-58)66-56(62)45-37-29-23-22-28-36-44-55(61)65-51(39-31-17-13-9-4)41-33-25-19-15-11-7-2/h50-52,56,58,62H,6-49H2,1-5H3. The summed E-state index contributed by atoms with van der Waals surface area (Å²) in [7, 11) is 1.87. The monoisotopic (exact) mass is 940 g/mol. The van der Waals surface area contributed by atoms with Crippen LogP contribution in [-0.2, 0) is 33.3 Å². The van der Waals surface area contributed by atoms with Gasteiger partial charge in [-0.05, 0) is 90.5 Å². The summed E-state index contributed by atoms with van der Waals surface area (Å²) in [4.78, 5) is 39.9. The third-order valence-corrected chi connectivity index (χ3v) is 13.0. The number of rotatable bonds is 52. The number of unbranched alkanes of at least 4 members (excludes halogenated alkanes) is 26. The van der Waals surface area contributed by atoms with Gasteiger partial charge in [-0.15, -0.1) is 0 Å². The molecule has 0 aromatic rings. The maximum Gasteiger partial charge on any atom is 0.306 e. The van der Waals surface area contributed by atoms with Crippen molar-refractivity contribution in [3.8, 4) is 0 Å². The second kappa shape index (κ2) is 49.7. The maximum absolute atomic E-state index is 12.7. The van der Waals surface area contributed by atoms with Gasteiger partial charge < -0.3 is 34.1 Å². The van der Waals surface area contributed by atoms with Gasteiger partial charge in [0.2, 0.25) is 0 Å². The number of aliphatic hydroxyl groups is 2. The second-order valence-corrected chi connectivity index (χ2v) is 19.7. The lowest BCUT2D eigenvalue weighted by Gasteiger charge is -2.26. The Morgan fingerprint density at radius 1 is 0.424 bits per heavy atom. The van der Waals surface area contributed by atoms with E-state index in [0.29, 0.717) is 38.8 Å². The zero-order valence-corrected chi connectivity index (χ0v) is 44.1. The van der Waals surface area contributed by atoms with Gasteiger partial charge in [0.05, 0.1) is 6.61 Å². The molecule has 0 spiro atoms. The van der Waals surface area contributed by atoms with Crippen LogP contribution in [0, 0.1) is 0 Å². The molecule has 0 aliphatic heterocycles. The number of carbonyl (C=O) groups is 3. The number of ether oxygens (including phenoxy) is 4. The highest BCUT2D eigenvalue weighted by molar-refractivity contribution is 5.70. The first-order valence-corrected chi connectivity index (χ1v) is 28.4. The van der Waals surface area contributed by atoms with Crippen LogP contribution in [0.15, 0.2) is 0 Å². The summed E-state index contributed by atoms with van der Waals surface area (Å²) < 4.78 is 23.5. The molecule has 2 N–H and O–H groups in total. The Morgan fingerprint density at radius 2 is 0.742 bits per heavy atom. The van der Waals surface area contributed by atoms with Crippen LogP contribution >= 0.6 is 0 Å². The first kappa shape index (κ1) is 64.2. The molecule has 0 radical (unpaired) electrons. The van der Waals surface area contributed by atoms with Crippen molar-refractivity contribution >= 4 is 17.9 Å². The molecular weight excluding hydrogens is 831 g/mol. The van der Waals surface area contributed by atoms with E-state index in [4.69, 9.17) is 18.9 Å². The van der Waals surface area contributed by atoms with Gasteiger partial charge >= 0.3 is 17.9 Å². The lowest BCUT2D eigenvalue weighted by atomic mass is 10.0. The third-order valence-electron chi connectivity index (χ3n) is 13.0. The number of carbonyl (C=O) groups excluding carboxylic acids is 3. The van der Waals surface area contributed by atoms with Gasteiger partial charge in [-0.2, -0.15) is 0 Å². The average molecular weight is 940 g/mol. The number of hydrogen-bond acceptors (Lipinski definition) is 10. The van der Waals surface area contributed by atoms with Crippen LogP contribution in [0.25, 0.3) is 0 Å². The molecule has 0 rings (SSSR count). The Hall–Kier alpha value is -1.75. The Balaban J connectivity index is 4.34. The molecule has 10 heteroatoms. The summed E-state index contributed by atoms with van der Waals surface area (Å²) in [6.45, 7) is 9.89. The van der Waals surface area contributed by atoms with E-state index in [1.807, 2.05) is 11.9 Å². The fourth-order valence-corrected chi connectivity index (χ4v) is 8.75. The van der Waals surface area contributed by atoms with Crippen molar-refractivity contribution in [3.05, 3.63) is 0 Å². The first-order valence-electron chi connectivity index (χ1n) is 28.4. The first-order chi connectivity index (χ1) is 32.2. The average Bonchev–Trinajstić information content (AvgIpc) is 3.29. The number of nitrogens with zero attached hydrogens (tertiary/aromatic N) is 1. The predicted octanol–water partition coefficient (Wildman–Crippen LogP) is 14.7. The highest BCUT2D eigenvalue weighted by atomic mass is 16.6. The second-order valence-electron chi connectivity index (χ2n) is 19.7. The molecule has 0 aromatic carbocycles. The van der Waals surface area contributed by atoms with Gasteiger partial charge in [-0.25, -0.2) is 0 Å². The van der Waals surface area contributed by atoms with Crippen LogP contribution in [-0.4, -0.2) is 91.0 Å². The van der Waals surface area contributed by atoms with Crippen LogP contribution in [0.1, 0.15) is 285 Å². The van der Waals surface area contributed by atoms with Crippen molar-refractivity contribution in [3.63, 3.8) is 0 Å². The normalized spacial score (nSPS) is 13.5. The molecule has 10 nitrogen and oxygen atoms in total. The maximum atomic E-state index is 12.7. The van der Waals surface area contributed by atoms with Crippen molar-refractivity contribution in [1.82, 2.24) is 4.90 Å². The third kappa shape index (κ3) is 44.7. The van der Waals surface area contributed by atoms with E-state index in [0.717, 1.165) is 128 Å². The lowest BCUT2D eigenvalue weighted by Crippen LogP contribution is -2.38. The number of likely N-dealkylation sites (N-methyl/N-ethyl adjacent to an activating group) is 1. The molecular formula is C56H109NO9.